The van der Waals surface area contributed by atoms with Gasteiger partial charge in [-0.1, -0.05) is 60.7 Å². The maximum Gasteiger partial charge on any atom is 0.148 e. The summed E-state index contributed by atoms with van der Waals surface area (Å²) in [7, 11) is 0. The number of hydrogen-bond donors (Lipinski definition) is 1. The summed E-state index contributed by atoms with van der Waals surface area (Å²) in [6.45, 7) is 0. The molecule has 126 valence electrons. The molecule has 3 nitrogen and oxygen atoms in total. The Kier molecular flexibility index (Phi) is 4.44. The largest absolute Gasteiger partial charge is 0.365 e. The van der Waals surface area contributed by atoms with Crippen molar-refractivity contribution in [3.05, 3.63) is 126 Å². The summed E-state index contributed by atoms with van der Waals surface area (Å²) < 4.78 is 0. The van der Waals surface area contributed by atoms with Crippen molar-refractivity contribution in [3.8, 4) is 0 Å². The molecular formula is C23H19N3. The van der Waals surface area contributed by atoms with Crippen LogP contribution in [0.5, 0.6) is 0 Å². The molecule has 0 aliphatic rings. The van der Waals surface area contributed by atoms with Gasteiger partial charge >= 0.3 is 0 Å². The minimum absolute atomic E-state index is 0.689. The maximum atomic E-state index is 4.70. The van der Waals surface area contributed by atoms with Gasteiger partial charge in [0.25, 0.3) is 0 Å². The second-order valence-electron chi connectivity index (χ2n) is 6.04. The molecule has 0 saturated heterocycles. The molecule has 0 spiro atoms. The Morgan fingerprint density at radius 2 is 1.04 bits per heavy atom. The summed E-state index contributed by atoms with van der Waals surface area (Å²) >= 11 is 0. The molecule has 26 heavy (non-hydrogen) atoms. The summed E-state index contributed by atoms with van der Waals surface area (Å²) in [5.41, 5.74) is 3.20. The van der Waals surface area contributed by atoms with Gasteiger partial charge in [0, 0.05) is 18.1 Å². The average Bonchev–Trinajstić information content (AvgIpc) is 2.75. The van der Waals surface area contributed by atoms with Gasteiger partial charge in [-0.25, -0.2) is 0 Å². The number of anilines is 1. The first-order chi connectivity index (χ1) is 12.9. The second-order valence-corrected chi connectivity index (χ2v) is 6.04. The van der Waals surface area contributed by atoms with E-state index < -0.39 is 5.54 Å². The lowest BCUT2D eigenvalue weighted by Gasteiger charge is -2.35. The third-order valence-corrected chi connectivity index (χ3v) is 4.41. The summed E-state index contributed by atoms with van der Waals surface area (Å²) in [4.78, 5) is 9.40. The highest BCUT2D eigenvalue weighted by atomic mass is 15.0. The molecule has 3 heteroatoms. The van der Waals surface area contributed by atoms with Crippen molar-refractivity contribution < 1.29 is 0 Å². The molecule has 0 bridgehead atoms. The van der Waals surface area contributed by atoms with Gasteiger partial charge in [-0.2, -0.15) is 0 Å². The summed E-state index contributed by atoms with van der Waals surface area (Å²) in [5, 5.41) is 3.72. The van der Waals surface area contributed by atoms with E-state index in [1.807, 2.05) is 85.2 Å². The number of pyridine rings is 2. The lowest BCUT2D eigenvalue weighted by atomic mass is 9.82. The zero-order valence-corrected chi connectivity index (χ0v) is 14.3. The summed E-state index contributed by atoms with van der Waals surface area (Å²) in [6, 6.07) is 32.5. The van der Waals surface area contributed by atoms with Crippen molar-refractivity contribution in [1.82, 2.24) is 9.97 Å². The highest BCUT2D eigenvalue weighted by Crippen LogP contribution is 2.37. The fourth-order valence-corrected chi connectivity index (χ4v) is 3.22. The van der Waals surface area contributed by atoms with Crippen molar-refractivity contribution >= 4 is 5.69 Å². The van der Waals surface area contributed by atoms with Crippen LogP contribution in [0.3, 0.4) is 0 Å². The number of nitrogens with one attached hydrogen (secondary N) is 1. The van der Waals surface area contributed by atoms with Crippen LogP contribution >= 0.6 is 0 Å². The Balaban J connectivity index is 2.00. The molecule has 0 fully saturated rings. The molecule has 4 aromatic rings. The normalized spacial score (nSPS) is 11.1. The Hall–Kier alpha value is -3.46. The van der Waals surface area contributed by atoms with Gasteiger partial charge in [-0.3, -0.25) is 9.97 Å². The Morgan fingerprint density at radius 3 is 1.54 bits per heavy atom. The van der Waals surface area contributed by atoms with Crippen LogP contribution in [0.4, 0.5) is 5.69 Å². The Labute approximate surface area is 153 Å². The SMILES string of the molecule is c1ccc(NC(c2ccccc2)(c2ccccn2)c2ccccn2)cc1. The fraction of sp³-hybridized carbons (Fsp3) is 0.0435. The van der Waals surface area contributed by atoms with Crippen LogP contribution in [0.2, 0.25) is 0 Å². The van der Waals surface area contributed by atoms with Crippen LogP contribution in [-0.4, -0.2) is 9.97 Å². The van der Waals surface area contributed by atoms with Gasteiger partial charge in [-0.15, -0.1) is 0 Å². The third-order valence-electron chi connectivity index (χ3n) is 4.41. The number of nitrogens with zero attached hydrogens (tertiary/aromatic N) is 2. The smallest absolute Gasteiger partial charge is 0.148 e. The van der Waals surface area contributed by atoms with E-state index in [4.69, 9.17) is 9.97 Å². The van der Waals surface area contributed by atoms with E-state index in [-0.39, 0.29) is 0 Å². The lowest BCUT2D eigenvalue weighted by molar-refractivity contribution is 0.658. The van der Waals surface area contributed by atoms with Gasteiger partial charge in [0.05, 0.1) is 11.4 Å². The first-order valence-corrected chi connectivity index (χ1v) is 8.61. The topological polar surface area (TPSA) is 37.8 Å². The van der Waals surface area contributed by atoms with Gasteiger partial charge in [0.1, 0.15) is 5.54 Å². The van der Waals surface area contributed by atoms with Crippen molar-refractivity contribution in [2.24, 2.45) is 0 Å². The Morgan fingerprint density at radius 1 is 0.538 bits per heavy atom. The molecule has 1 N–H and O–H groups in total. The minimum Gasteiger partial charge on any atom is -0.365 e. The zero-order chi connectivity index (χ0) is 17.7. The second kappa shape index (κ2) is 7.19. The molecule has 0 aliphatic carbocycles. The molecule has 2 aromatic heterocycles. The number of rotatable bonds is 5. The first kappa shape index (κ1) is 16.0. The highest BCUT2D eigenvalue weighted by molar-refractivity contribution is 5.57. The van der Waals surface area contributed by atoms with E-state index in [9.17, 15) is 0 Å². The minimum atomic E-state index is -0.689. The van der Waals surface area contributed by atoms with E-state index in [0.717, 1.165) is 22.6 Å². The average molecular weight is 337 g/mol. The van der Waals surface area contributed by atoms with Gasteiger partial charge in [0.2, 0.25) is 0 Å². The highest BCUT2D eigenvalue weighted by Gasteiger charge is 2.39. The van der Waals surface area contributed by atoms with Crippen LogP contribution in [-0.2, 0) is 5.54 Å². The van der Waals surface area contributed by atoms with Crippen LogP contribution in [0.15, 0.2) is 109 Å². The van der Waals surface area contributed by atoms with E-state index in [1.54, 1.807) is 0 Å². The lowest BCUT2D eigenvalue weighted by Crippen LogP contribution is -2.39. The molecule has 0 unspecified atom stereocenters. The van der Waals surface area contributed by atoms with Crippen LogP contribution < -0.4 is 5.32 Å². The van der Waals surface area contributed by atoms with Crippen LogP contribution in [0, 0.1) is 0 Å². The molecule has 2 aromatic carbocycles. The maximum absolute atomic E-state index is 4.70. The van der Waals surface area contributed by atoms with Crippen molar-refractivity contribution in [2.75, 3.05) is 5.32 Å². The number of para-hydroxylation sites is 1. The van der Waals surface area contributed by atoms with Gasteiger partial charge in [0.15, 0.2) is 0 Å². The van der Waals surface area contributed by atoms with E-state index in [0.29, 0.717) is 0 Å². The van der Waals surface area contributed by atoms with Crippen molar-refractivity contribution in [2.45, 2.75) is 5.54 Å². The monoisotopic (exact) mass is 337 g/mol. The molecule has 0 radical (unpaired) electrons. The standard InChI is InChI=1S/C23H19N3/c1-3-11-19(12-4-1)23(21-15-7-9-17-24-21,22-16-8-10-18-25-22)26-20-13-5-2-6-14-20/h1-18,26H. The van der Waals surface area contributed by atoms with Gasteiger partial charge in [-0.05, 0) is 42.0 Å². The predicted molar refractivity (Wildman–Crippen MR) is 105 cm³/mol. The molecule has 0 amide bonds. The molecule has 0 aliphatic heterocycles. The summed E-state index contributed by atoms with van der Waals surface area (Å²) in [5.74, 6) is 0. The van der Waals surface area contributed by atoms with E-state index in [1.165, 1.54) is 0 Å². The van der Waals surface area contributed by atoms with E-state index in [2.05, 4.69) is 29.6 Å². The quantitative estimate of drug-likeness (QED) is 0.564. The first-order valence-electron chi connectivity index (χ1n) is 8.61. The number of aromatic nitrogens is 2. The van der Waals surface area contributed by atoms with Crippen molar-refractivity contribution in [1.29, 1.82) is 0 Å². The number of benzene rings is 2. The number of hydrogen-bond acceptors (Lipinski definition) is 3. The summed E-state index contributed by atoms with van der Waals surface area (Å²) in [6.07, 6.45) is 3.64. The van der Waals surface area contributed by atoms with Crippen LogP contribution in [0.25, 0.3) is 0 Å². The zero-order valence-electron chi connectivity index (χ0n) is 14.3. The Bertz CT molecular complexity index is 843. The molecule has 0 atom stereocenters. The predicted octanol–water partition coefficient (Wildman–Crippen LogP) is 4.88. The molecular weight excluding hydrogens is 318 g/mol. The molecule has 0 saturated carbocycles. The van der Waals surface area contributed by atoms with Gasteiger partial charge < -0.3 is 5.32 Å². The third kappa shape index (κ3) is 2.95. The fourth-order valence-electron chi connectivity index (χ4n) is 3.22. The van der Waals surface area contributed by atoms with Crippen LogP contribution in [0.1, 0.15) is 17.0 Å². The van der Waals surface area contributed by atoms with E-state index >= 15 is 0 Å². The molecule has 2 heterocycles. The molecule has 4 rings (SSSR count). The van der Waals surface area contributed by atoms with Crippen molar-refractivity contribution in [3.63, 3.8) is 0 Å².